The lowest BCUT2D eigenvalue weighted by atomic mass is 10.2. The lowest BCUT2D eigenvalue weighted by Gasteiger charge is -2.11. The molecule has 34 heavy (non-hydrogen) atoms. The molecule has 1 aromatic heterocycles. The van der Waals surface area contributed by atoms with Gasteiger partial charge < -0.3 is 15.6 Å². The fraction of sp³-hybridized carbons (Fsp3) is 0.261. The number of ether oxygens (including phenoxy) is 1. The number of benzene rings is 2. The summed E-state index contributed by atoms with van der Waals surface area (Å²) in [5.74, 6) is -1.18. The molecule has 0 aliphatic carbocycles. The Morgan fingerprint density at radius 1 is 1.18 bits per heavy atom. The van der Waals surface area contributed by atoms with E-state index in [4.69, 9.17) is 15.6 Å². The SMILES string of the molecule is NCc1cccc(S(=O)(=O)NCC2CCCO2)c1.O=C(O)c1cnc(-c2cccc(F)c2)nc1. The van der Waals surface area contributed by atoms with Gasteiger partial charge in [-0.25, -0.2) is 32.3 Å². The van der Waals surface area contributed by atoms with Crippen molar-refractivity contribution in [1.82, 2.24) is 14.7 Å². The molecule has 180 valence electrons. The van der Waals surface area contributed by atoms with Gasteiger partial charge in [0, 0.05) is 37.7 Å². The predicted molar refractivity (Wildman–Crippen MR) is 123 cm³/mol. The van der Waals surface area contributed by atoms with E-state index < -0.39 is 16.0 Å². The lowest BCUT2D eigenvalue weighted by molar-refractivity contribution is 0.0696. The van der Waals surface area contributed by atoms with Crippen LogP contribution in [0.1, 0.15) is 28.8 Å². The van der Waals surface area contributed by atoms with Gasteiger partial charge >= 0.3 is 5.97 Å². The van der Waals surface area contributed by atoms with E-state index in [2.05, 4.69) is 14.7 Å². The van der Waals surface area contributed by atoms with Crippen LogP contribution in [0.3, 0.4) is 0 Å². The van der Waals surface area contributed by atoms with E-state index in [0.717, 1.165) is 25.0 Å². The molecule has 1 aliphatic heterocycles. The minimum absolute atomic E-state index is 0.000142. The smallest absolute Gasteiger partial charge is 0.338 e. The van der Waals surface area contributed by atoms with Crippen molar-refractivity contribution >= 4 is 16.0 Å². The third-order valence-electron chi connectivity index (χ3n) is 4.95. The first-order valence-corrected chi connectivity index (χ1v) is 12.0. The fourth-order valence-electron chi connectivity index (χ4n) is 3.15. The monoisotopic (exact) mass is 488 g/mol. The topological polar surface area (TPSA) is 144 Å². The molecule has 2 aromatic carbocycles. The van der Waals surface area contributed by atoms with Crippen molar-refractivity contribution in [3.63, 3.8) is 0 Å². The first kappa shape index (κ1) is 25.4. The Morgan fingerprint density at radius 3 is 2.53 bits per heavy atom. The van der Waals surface area contributed by atoms with Gasteiger partial charge in [-0.1, -0.05) is 24.3 Å². The highest BCUT2D eigenvalue weighted by atomic mass is 32.2. The van der Waals surface area contributed by atoms with E-state index in [1.165, 1.54) is 24.5 Å². The van der Waals surface area contributed by atoms with Crippen LogP contribution >= 0.6 is 0 Å². The summed E-state index contributed by atoms with van der Waals surface area (Å²) in [5.41, 5.74) is 6.81. The third kappa shape index (κ3) is 7.12. The molecular weight excluding hydrogens is 463 g/mol. The second-order valence-electron chi connectivity index (χ2n) is 7.45. The second-order valence-corrected chi connectivity index (χ2v) is 9.22. The van der Waals surface area contributed by atoms with Crippen LogP contribution in [0.25, 0.3) is 11.4 Å². The van der Waals surface area contributed by atoms with Crippen LogP contribution < -0.4 is 10.5 Å². The Bertz CT molecular complexity index is 1220. The summed E-state index contributed by atoms with van der Waals surface area (Å²) < 4.78 is 45.0. The van der Waals surface area contributed by atoms with Gasteiger partial charge in [-0.15, -0.1) is 0 Å². The molecule has 1 saturated heterocycles. The van der Waals surface area contributed by atoms with Gasteiger partial charge in [0.1, 0.15) is 5.82 Å². The summed E-state index contributed by atoms with van der Waals surface area (Å²) in [6.07, 6.45) is 4.28. The molecule has 4 rings (SSSR count). The maximum Gasteiger partial charge on any atom is 0.338 e. The molecular formula is C23H25FN4O5S. The van der Waals surface area contributed by atoms with Crippen LogP contribution in [0, 0.1) is 5.82 Å². The Kier molecular flexibility index (Phi) is 8.77. The molecule has 11 heteroatoms. The van der Waals surface area contributed by atoms with Gasteiger partial charge in [0.15, 0.2) is 5.82 Å². The number of nitrogens with zero attached hydrogens (tertiary/aromatic N) is 2. The first-order valence-electron chi connectivity index (χ1n) is 10.5. The normalized spacial score (nSPS) is 15.4. The van der Waals surface area contributed by atoms with Crippen LogP contribution in [0.4, 0.5) is 4.39 Å². The molecule has 0 saturated carbocycles. The van der Waals surface area contributed by atoms with E-state index in [1.54, 1.807) is 36.4 Å². The van der Waals surface area contributed by atoms with E-state index >= 15 is 0 Å². The van der Waals surface area contributed by atoms with Crippen molar-refractivity contribution in [2.24, 2.45) is 5.73 Å². The standard InChI is InChI=1S/C12H18N2O3S.C11H7FN2O2/c13-8-10-3-1-5-12(7-10)18(15,16)14-9-11-4-2-6-17-11;12-9-3-1-2-7(4-9)10-13-5-8(6-14-10)11(15)16/h1,3,5,7,11,14H,2,4,6,8-9,13H2;1-6H,(H,15,16). The Labute approximate surface area is 196 Å². The van der Waals surface area contributed by atoms with Crippen LogP contribution in [0.5, 0.6) is 0 Å². The van der Waals surface area contributed by atoms with Crippen LogP contribution in [-0.2, 0) is 21.3 Å². The maximum atomic E-state index is 12.9. The van der Waals surface area contributed by atoms with E-state index in [1.807, 2.05) is 0 Å². The average Bonchev–Trinajstić information content (AvgIpc) is 3.37. The van der Waals surface area contributed by atoms with Crippen LogP contribution in [-0.4, -0.2) is 48.7 Å². The number of nitrogens with one attached hydrogen (secondary N) is 1. The zero-order chi connectivity index (χ0) is 24.6. The number of hydrogen-bond acceptors (Lipinski definition) is 7. The number of nitrogens with two attached hydrogens (primary N) is 1. The summed E-state index contributed by atoms with van der Waals surface area (Å²) in [6.45, 7) is 1.37. The largest absolute Gasteiger partial charge is 0.478 e. The average molecular weight is 489 g/mol. The van der Waals surface area contributed by atoms with Crippen molar-refractivity contribution in [3.05, 3.63) is 77.9 Å². The highest BCUT2D eigenvalue weighted by Gasteiger charge is 2.20. The van der Waals surface area contributed by atoms with E-state index in [0.29, 0.717) is 24.5 Å². The Hall–Kier alpha value is -3.25. The molecule has 1 unspecified atom stereocenters. The van der Waals surface area contributed by atoms with Crippen LogP contribution in [0.15, 0.2) is 65.8 Å². The lowest BCUT2D eigenvalue weighted by Crippen LogP contribution is -2.31. The van der Waals surface area contributed by atoms with E-state index in [-0.39, 0.29) is 22.4 Å². The van der Waals surface area contributed by atoms with Gasteiger partial charge in [0.25, 0.3) is 0 Å². The van der Waals surface area contributed by atoms with Gasteiger partial charge in [-0.3, -0.25) is 0 Å². The minimum Gasteiger partial charge on any atom is -0.478 e. The van der Waals surface area contributed by atoms with Crippen molar-refractivity contribution in [2.45, 2.75) is 30.4 Å². The molecule has 9 nitrogen and oxygen atoms in total. The van der Waals surface area contributed by atoms with Crippen molar-refractivity contribution < 1.29 is 27.4 Å². The number of rotatable bonds is 7. The van der Waals surface area contributed by atoms with E-state index in [9.17, 15) is 17.6 Å². The van der Waals surface area contributed by atoms with Crippen molar-refractivity contribution in [3.8, 4) is 11.4 Å². The number of carbonyl (C=O) groups is 1. The maximum absolute atomic E-state index is 12.9. The first-order chi connectivity index (χ1) is 16.3. The molecule has 0 amide bonds. The quantitative estimate of drug-likeness (QED) is 0.460. The number of aromatic carboxylic acids is 1. The van der Waals surface area contributed by atoms with Gasteiger partial charge in [0.05, 0.1) is 16.6 Å². The summed E-state index contributed by atoms with van der Waals surface area (Å²) in [6, 6.07) is 12.5. The summed E-state index contributed by atoms with van der Waals surface area (Å²) in [5, 5.41) is 8.65. The Balaban J connectivity index is 0.000000192. The minimum atomic E-state index is -3.47. The molecule has 0 radical (unpaired) electrons. The van der Waals surface area contributed by atoms with Crippen molar-refractivity contribution in [2.75, 3.05) is 13.2 Å². The molecule has 3 aromatic rings. The molecule has 1 fully saturated rings. The number of carboxylic acid groups (broad SMARTS) is 1. The number of sulfonamides is 1. The third-order valence-corrected chi connectivity index (χ3v) is 6.37. The summed E-state index contributed by atoms with van der Waals surface area (Å²) in [7, 11) is -3.47. The number of carboxylic acids is 1. The highest BCUT2D eigenvalue weighted by Crippen LogP contribution is 2.16. The second kappa shape index (κ2) is 11.7. The van der Waals surface area contributed by atoms with Crippen molar-refractivity contribution in [1.29, 1.82) is 0 Å². The molecule has 4 N–H and O–H groups in total. The molecule has 1 atom stereocenters. The summed E-state index contributed by atoms with van der Waals surface area (Å²) in [4.78, 5) is 18.5. The van der Waals surface area contributed by atoms with Gasteiger partial charge in [-0.2, -0.15) is 0 Å². The van der Waals surface area contributed by atoms with Gasteiger partial charge in [0.2, 0.25) is 10.0 Å². The molecule has 0 spiro atoms. The highest BCUT2D eigenvalue weighted by molar-refractivity contribution is 7.89. The number of aromatic nitrogens is 2. The molecule has 2 heterocycles. The summed E-state index contributed by atoms with van der Waals surface area (Å²) >= 11 is 0. The number of halogens is 1. The van der Waals surface area contributed by atoms with Crippen LogP contribution in [0.2, 0.25) is 0 Å². The molecule has 1 aliphatic rings. The zero-order valence-electron chi connectivity index (χ0n) is 18.2. The zero-order valence-corrected chi connectivity index (χ0v) is 19.0. The molecule has 0 bridgehead atoms. The van der Waals surface area contributed by atoms with Gasteiger partial charge in [-0.05, 0) is 42.7 Å². The number of hydrogen-bond donors (Lipinski definition) is 3. The Morgan fingerprint density at radius 2 is 1.91 bits per heavy atom. The fourth-order valence-corrected chi connectivity index (χ4v) is 4.28. The predicted octanol–water partition coefficient (Wildman–Crippen LogP) is 2.58.